The van der Waals surface area contributed by atoms with Crippen molar-refractivity contribution in [3.63, 3.8) is 0 Å². The second-order valence-electron chi connectivity index (χ2n) is 3.49. The van der Waals surface area contributed by atoms with Gasteiger partial charge in [-0.3, -0.25) is 0 Å². The van der Waals surface area contributed by atoms with Crippen molar-refractivity contribution >= 4 is 15.9 Å². The SMILES string of the molecule is COc1ccc(OC)c(C(Br)c2ccco2)c1. The molecule has 0 amide bonds. The Kier molecular flexibility index (Phi) is 3.74. The first-order valence-corrected chi connectivity index (χ1v) is 6.07. The van der Waals surface area contributed by atoms with Crippen molar-refractivity contribution in [2.24, 2.45) is 0 Å². The molecule has 1 aromatic carbocycles. The van der Waals surface area contributed by atoms with Crippen LogP contribution in [0.5, 0.6) is 11.5 Å². The van der Waals surface area contributed by atoms with Crippen LogP contribution in [0.1, 0.15) is 16.2 Å². The first kappa shape index (κ1) is 12.0. The fourth-order valence-corrected chi connectivity index (χ4v) is 2.24. The zero-order chi connectivity index (χ0) is 12.3. The Morgan fingerprint density at radius 3 is 2.59 bits per heavy atom. The number of ether oxygens (including phenoxy) is 2. The number of methoxy groups -OCH3 is 2. The van der Waals surface area contributed by atoms with Gasteiger partial charge in [-0.2, -0.15) is 0 Å². The summed E-state index contributed by atoms with van der Waals surface area (Å²) in [4.78, 5) is -0.0532. The number of alkyl halides is 1. The molecule has 0 aliphatic carbocycles. The summed E-state index contributed by atoms with van der Waals surface area (Å²) in [5.74, 6) is 2.41. The lowest BCUT2D eigenvalue weighted by molar-refractivity contribution is 0.398. The van der Waals surface area contributed by atoms with Gasteiger partial charge in [0.15, 0.2) is 0 Å². The normalized spacial score (nSPS) is 12.2. The van der Waals surface area contributed by atoms with Crippen LogP contribution < -0.4 is 9.47 Å². The van der Waals surface area contributed by atoms with E-state index >= 15 is 0 Å². The van der Waals surface area contributed by atoms with Crippen molar-refractivity contribution < 1.29 is 13.9 Å². The van der Waals surface area contributed by atoms with Crippen LogP contribution in [-0.2, 0) is 0 Å². The monoisotopic (exact) mass is 296 g/mol. The smallest absolute Gasteiger partial charge is 0.123 e. The summed E-state index contributed by atoms with van der Waals surface area (Å²) in [6.07, 6.45) is 1.65. The molecule has 0 aliphatic heterocycles. The molecule has 17 heavy (non-hydrogen) atoms. The quantitative estimate of drug-likeness (QED) is 0.805. The minimum Gasteiger partial charge on any atom is -0.497 e. The van der Waals surface area contributed by atoms with Gasteiger partial charge in [0.1, 0.15) is 22.1 Å². The molecular formula is C13H13BrO3. The number of furan rings is 1. The van der Waals surface area contributed by atoms with Crippen LogP contribution in [-0.4, -0.2) is 14.2 Å². The highest BCUT2D eigenvalue weighted by Gasteiger charge is 2.18. The molecule has 2 aromatic rings. The average molecular weight is 297 g/mol. The van der Waals surface area contributed by atoms with Crippen molar-refractivity contribution in [1.82, 2.24) is 0 Å². The van der Waals surface area contributed by atoms with E-state index in [0.717, 1.165) is 22.8 Å². The summed E-state index contributed by atoms with van der Waals surface area (Å²) in [7, 11) is 3.29. The number of rotatable bonds is 4. The summed E-state index contributed by atoms with van der Waals surface area (Å²) in [6.45, 7) is 0. The van der Waals surface area contributed by atoms with Crippen LogP contribution in [0.3, 0.4) is 0 Å². The molecule has 0 bridgehead atoms. The first-order chi connectivity index (χ1) is 8.26. The summed E-state index contributed by atoms with van der Waals surface area (Å²) in [5.41, 5.74) is 0.974. The maximum Gasteiger partial charge on any atom is 0.123 e. The van der Waals surface area contributed by atoms with Gasteiger partial charge in [-0.1, -0.05) is 15.9 Å². The lowest BCUT2D eigenvalue weighted by atomic mass is 10.1. The number of halogens is 1. The van der Waals surface area contributed by atoms with Gasteiger partial charge in [-0.15, -0.1) is 0 Å². The van der Waals surface area contributed by atoms with Gasteiger partial charge < -0.3 is 13.9 Å². The van der Waals surface area contributed by atoms with Gasteiger partial charge in [0.25, 0.3) is 0 Å². The summed E-state index contributed by atoms with van der Waals surface area (Å²) >= 11 is 3.60. The third-order valence-electron chi connectivity index (χ3n) is 2.50. The maximum absolute atomic E-state index is 5.38. The summed E-state index contributed by atoms with van der Waals surface area (Å²) < 4.78 is 15.9. The van der Waals surface area contributed by atoms with E-state index < -0.39 is 0 Å². The lowest BCUT2D eigenvalue weighted by Crippen LogP contribution is -1.97. The molecule has 2 rings (SSSR count). The molecule has 1 heterocycles. The topological polar surface area (TPSA) is 31.6 Å². The van der Waals surface area contributed by atoms with Gasteiger partial charge in [0, 0.05) is 5.56 Å². The fraction of sp³-hybridized carbons (Fsp3) is 0.231. The Morgan fingerprint density at radius 1 is 1.18 bits per heavy atom. The molecule has 0 fully saturated rings. The molecule has 0 spiro atoms. The third kappa shape index (κ3) is 2.47. The van der Waals surface area contributed by atoms with Crippen LogP contribution in [0.25, 0.3) is 0 Å². The van der Waals surface area contributed by atoms with E-state index in [-0.39, 0.29) is 4.83 Å². The van der Waals surface area contributed by atoms with Gasteiger partial charge in [-0.05, 0) is 30.3 Å². The molecule has 0 saturated carbocycles. The van der Waals surface area contributed by atoms with Gasteiger partial charge in [0.2, 0.25) is 0 Å². The molecule has 0 N–H and O–H groups in total. The molecule has 4 heteroatoms. The molecule has 1 unspecified atom stereocenters. The Balaban J connectivity index is 2.41. The highest BCUT2D eigenvalue weighted by atomic mass is 79.9. The zero-order valence-corrected chi connectivity index (χ0v) is 11.2. The minimum atomic E-state index is -0.0532. The first-order valence-electron chi connectivity index (χ1n) is 5.15. The van der Waals surface area contributed by atoms with Crippen LogP contribution in [0.15, 0.2) is 41.0 Å². The molecule has 1 atom stereocenters. The van der Waals surface area contributed by atoms with Gasteiger partial charge in [0.05, 0.1) is 20.5 Å². The highest BCUT2D eigenvalue weighted by Crippen LogP contribution is 2.38. The second-order valence-corrected chi connectivity index (χ2v) is 4.40. The Morgan fingerprint density at radius 2 is 2.00 bits per heavy atom. The van der Waals surface area contributed by atoms with Crippen molar-refractivity contribution in [2.75, 3.05) is 14.2 Å². The van der Waals surface area contributed by atoms with Crippen molar-refractivity contribution in [3.8, 4) is 11.5 Å². The number of hydrogen-bond donors (Lipinski definition) is 0. The molecule has 0 saturated heterocycles. The molecule has 1 aromatic heterocycles. The number of hydrogen-bond acceptors (Lipinski definition) is 3. The van der Waals surface area contributed by atoms with Crippen LogP contribution in [0.4, 0.5) is 0 Å². The minimum absolute atomic E-state index is 0.0532. The summed E-state index contributed by atoms with van der Waals surface area (Å²) in [5, 5.41) is 0. The molecule has 90 valence electrons. The molecule has 0 radical (unpaired) electrons. The second kappa shape index (κ2) is 5.27. The Bertz CT molecular complexity index is 479. The molecule has 0 aliphatic rings. The van der Waals surface area contributed by atoms with E-state index in [2.05, 4.69) is 15.9 Å². The lowest BCUT2D eigenvalue weighted by Gasteiger charge is -2.13. The molecular weight excluding hydrogens is 284 g/mol. The zero-order valence-electron chi connectivity index (χ0n) is 9.64. The van der Waals surface area contributed by atoms with E-state index in [1.807, 2.05) is 30.3 Å². The summed E-state index contributed by atoms with van der Waals surface area (Å²) in [6, 6.07) is 9.45. The van der Waals surface area contributed by atoms with E-state index in [4.69, 9.17) is 13.9 Å². The van der Waals surface area contributed by atoms with E-state index in [1.54, 1.807) is 20.5 Å². The predicted molar refractivity (Wildman–Crippen MR) is 69.0 cm³/mol. The fourth-order valence-electron chi connectivity index (χ4n) is 1.63. The average Bonchev–Trinajstić information content (AvgIpc) is 2.91. The maximum atomic E-state index is 5.38. The van der Waals surface area contributed by atoms with Crippen LogP contribution in [0, 0.1) is 0 Å². The van der Waals surface area contributed by atoms with Crippen LogP contribution in [0.2, 0.25) is 0 Å². The third-order valence-corrected chi connectivity index (χ3v) is 3.45. The standard InChI is InChI=1S/C13H13BrO3/c1-15-9-5-6-11(16-2)10(8-9)13(14)12-4-3-7-17-12/h3-8,13H,1-2H3. The van der Waals surface area contributed by atoms with E-state index in [0.29, 0.717) is 0 Å². The van der Waals surface area contributed by atoms with Crippen molar-refractivity contribution in [2.45, 2.75) is 4.83 Å². The Hall–Kier alpha value is -1.42. The van der Waals surface area contributed by atoms with Crippen molar-refractivity contribution in [3.05, 3.63) is 47.9 Å². The number of benzene rings is 1. The Labute approximate surface area is 108 Å². The molecule has 3 nitrogen and oxygen atoms in total. The van der Waals surface area contributed by atoms with E-state index in [1.165, 1.54) is 0 Å². The predicted octanol–water partition coefficient (Wildman–Crippen LogP) is 3.78. The van der Waals surface area contributed by atoms with Gasteiger partial charge in [-0.25, -0.2) is 0 Å². The van der Waals surface area contributed by atoms with Gasteiger partial charge >= 0.3 is 0 Å². The largest absolute Gasteiger partial charge is 0.497 e. The highest BCUT2D eigenvalue weighted by molar-refractivity contribution is 9.09. The van der Waals surface area contributed by atoms with E-state index in [9.17, 15) is 0 Å². The van der Waals surface area contributed by atoms with Crippen LogP contribution >= 0.6 is 15.9 Å². The van der Waals surface area contributed by atoms with Crippen molar-refractivity contribution in [1.29, 1.82) is 0 Å².